The van der Waals surface area contributed by atoms with Crippen LogP contribution in [0.25, 0.3) is 11.4 Å². The molecule has 2 aromatic carbocycles. The first-order valence-corrected chi connectivity index (χ1v) is 9.72. The number of carbonyl (C=O) groups is 1. The molecule has 0 unspecified atom stereocenters. The van der Waals surface area contributed by atoms with E-state index >= 15 is 0 Å². The number of halogens is 1. The van der Waals surface area contributed by atoms with E-state index in [-0.39, 0.29) is 23.4 Å². The number of anilines is 1. The molecule has 0 aliphatic heterocycles. The number of nitrogens with one attached hydrogen (secondary N) is 1. The molecule has 1 aromatic heterocycles. The van der Waals surface area contributed by atoms with Crippen LogP contribution >= 0.6 is 11.8 Å². The number of aromatic nitrogens is 3. The molecule has 29 heavy (non-hydrogen) atoms. The molecule has 1 N–H and O–H groups in total. The standard InChI is InChI=1S/C19H18FN5O3S/c1-12(2)24-18(15-5-3-4-6-16(15)20)22-23-19(24)29-11-17(26)21-13-7-9-14(10-8-13)25(27)28/h3-10,12H,11H2,1-2H3,(H,21,26). The molecule has 0 fully saturated rings. The Morgan fingerprint density at radius 3 is 2.52 bits per heavy atom. The van der Waals surface area contributed by atoms with Gasteiger partial charge in [0.2, 0.25) is 5.91 Å². The molecule has 3 rings (SSSR count). The highest BCUT2D eigenvalue weighted by Crippen LogP contribution is 2.29. The van der Waals surface area contributed by atoms with Gasteiger partial charge in [-0.1, -0.05) is 23.9 Å². The van der Waals surface area contributed by atoms with Gasteiger partial charge in [0.1, 0.15) is 5.82 Å². The third-order valence-corrected chi connectivity index (χ3v) is 4.93. The van der Waals surface area contributed by atoms with Gasteiger partial charge in [0.25, 0.3) is 5.69 Å². The van der Waals surface area contributed by atoms with Gasteiger partial charge in [-0.15, -0.1) is 10.2 Å². The summed E-state index contributed by atoms with van der Waals surface area (Å²) in [6.45, 7) is 3.85. The molecule has 0 radical (unpaired) electrons. The van der Waals surface area contributed by atoms with Crippen molar-refractivity contribution in [3.63, 3.8) is 0 Å². The Morgan fingerprint density at radius 2 is 1.90 bits per heavy atom. The number of rotatable bonds is 7. The lowest BCUT2D eigenvalue weighted by Crippen LogP contribution is -2.15. The number of carbonyl (C=O) groups excluding carboxylic acids is 1. The summed E-state index contributed by atoms with van der Waals surface area (Å²) in [5.74, 6) is -0.237. The normalized spacial score (nSPS) is 10.9. The van der Waals surface area contributed by atoms with E-state index in [1.807, 2.05) is 13.8 Å². The second-order valence-corrected chi connectivity index (χ2v) is 7.33. The van der Waals surface area contributed by atoms with Crippen LogP contribution in [-0.2, 0) is 4.79 Å². The Hall–Kier alpha value is -3.27. The lowest BCUT2D eigenvalue weighted by atomic mass is 10.2. The van der Waals surface area contributed by atoms with Crippen molar-refractivity contribution in [1.29, 1.82) is 0 Å². The maximum Gasteiger partial charge on any atom is 0.269 e. The van der Waals surface area contributed by atoms with Crippen LogP contribution in [-0.4, -0.2) is 31.3 Å². The van der Waals surface area contributed by atoms with Crippen LogP contribution in [0.4, 0.5) is 15.8 Å². The maximum absolute atomic E-state index is 14.2. The average molecular weight is 415 g/mol. The van der Waals surface area contributed by atoms with E-state index in [9.17, 15) is 19.3 Å². The van der Waals surface area contributed by atoms with Crippen molar-refractivity contribution < 1.29 is 14.1 Å². The number of hydrogen-bond acceptors (Lipinski definition) is 6. The highest BCUT2D eigenvalue weighted by molar-refractivity contribution is 7.99. The minimum atomic E-state index is -0.507. The van der Waals surface area contributed by atoms with Gasteiger partial charge >= 0.3 is 0 Å². The summed E-state index contributed by atoms with van der Waals surface area (Å²) in [6, 6.07) is 11.8. The van der Waals surface area contributed by atoms with Crippen molar-refractivity contribution in [3.05, 3.63) is 64.5 Å². The number of thioether (sulfide) groups is 1. The van der Waals surface area contributed by atoms with Crippen LogP contribution in [0, 0.1) is 15.9 Å². The first-order chi connectivity index (χ1) is 13.9. The molecule has 0 atom stereocenters. The monoisotopic (exact) mass is 415 g/mol. The zero-order valence-corrected chi connectivity index (χ0v) is 16.5. The number of nitro groups is 1. The predicted octanol–water partition coefficient (Wildman–Crippen LogP) is 4.30. The third-order valence-electron chi connectivity index (χ3n) is 3.99. The molecule has 10 heteroatoms. The Morgan fingerprint density at radius 1 is 1.21 bits per heavy atom. The van der Waals surface area contributed by atoms with Gasteiger partial charge in [-0.05, 0) is 38.1 Å². The van der Waals surface area contributed by atoms with Crippen molar-refractivity contribution in [2.75, 3.05) is 11.1 Å². The summed E-state index contributed by atoms with van der Waals surface area (Å²) >= 11 is 1.18. The molecule has 8 nitrogen and oxygen atoms in total. The Bertz CT molecular complexity index is 1040. The van der Waals surface area contributed by atoms with E-state index in [2.05, 4.69) is 15.5 Å². The third kappa shape index (κ3) is 4.77. The van der Waals surface area contributed by atoms with Crippen molar-refractivity contribution in [2.45, 2.75) is 25.0 Å². The average Bonchev–Trinajstić information content (AvgIpc) is 3.11. The van der Waals surface area contributed by atoms with Gasteiger partial charge < -0.3 is 5.32 Å². The molecule has 0 saturated carbocycles. The van der Waals surface area contributed by atoms with E-state index < -0.39 is 10.7 Å². The topological polar surface area (TPSA) is 103 Å². The van der Waals surface area contributed by atoms with Crippen molar-refractivity contribution in [3.8, 4) is 11.4 Å². The van der Waals surface area contributed by atoms with Crippen molar-refractivity contribution in [1.82, 2.24) is 14.8 Å². The van der Waals surface area contributed by atoms with E-state index in [0.717, 1.165) is 0 Å². The molecule has 150 valence electrons. The van der Waals surface area contributed by atoms with Gasteiger partial charge in [0, 0.05) is 23.9 Å². The lowest BCUT2D eigenvalue weighted by Gasteiger charge is -2.14. The van der Waals surface area contributed by atoms with E-state index in [1.54, 1.807) is 22.8 Å². The van der Waals surface area contributed by atoms with Crippen LogP contribution in [0.5, 0.6) is 0 Å². The summed E-state index contributed by atoms with van der Waals surface area (Å²) in [5.41, 5.74) is 0.748. The van der Waals surface area contributed by atoms with Gasteiger partial charge in [0.15, 0.2) is 11.0 Å². The lowest BCUT2D eigenvalue weighted by molar-refractivity contribution is -0.384. The zero-order chi connectivity index (χ0) is 21.0. The maximum atomic E-state index is 14.2. The quantitative estimate of drug-likeness (QED) is 0.350. The van der Waals surface area contributed by atoms with E-state index in [0.29, 0.717) is 22.2 Å². The van der Waals surface area contributed by atoms with Gasteiger partial charge in [-0.3, -0.25) is 19.5 Å². The van der Waals surface area contributed by atoms with Crippen LogP contribution in [0.1, 0.15) is 19.9 Å². The smallest absolute Gasteiger partial charge is 0.269 e. The van der Waals surface area contributed by atoms with Crippen molar-refractivity contribution in [2.24, 2.45) is 0 Å². The number of amides is 1. The van der Waals surface area contributed by atoms with Crippen LogP contribution in [0.15, 0.2) is 53.7 Å². The minimum absolute atomic E-state index is 0.0418. The Balaban J connectivity index is 1.71. The zero-order valence-electron chi connectivity index (χ0n) is 15.7. The fourth-order valence-electron chi connectivity index (χ4n) is 2.66. The summed E-state index contributed by atoms with van der Waals surface area (Å²) < 4.78 is 15.9. The van der Waals surface area contributed by atoms with E-state index in [4.69, 9.17) is 0 Å². The van der Waals surface area contributed by atoms with Crippen molar-refractivity contribution >= 4 is 29.0 Å². The number of benzene rings is 2. The molecule has 0 aliphatic rings. The molecule has 3 aromatic rings. The predicted molar refractivity (Wildman–Crippen MR) is 108 cm³/mol. The molecule has 1 heterocycles. The second-order valence-electron chi connectivity index (χ2n) is 6.39. The fraction of sp³-hybridized carbons (Fsp3) is 0.211. The molecule has 0 spiro atoms. The van der Waals surface area contributed by atoms with Gasteiger partial charge in [0.05, 0.1) is 16.2 Å². The number of nitro benzene ring substituents is 1. The number of nitrogens with zero attached hydrogens (tertiary/aromatic N) is 4. The fourth-order valence-corrected chi connectivity index (χ4v) is 3.53. The SMILES string of the molecule is CC(C)n1c(SCC(=O)Nc2ccc([N+](=O)[O-])cc2)nnc1-c1ccccc1F. The van der Waals surface area contributed by atoms with Gasteiger partial charge in [-0.25, -0.2) is 4.39 Å². The second kappa shape index (κ2) is 8.82. The largest absolute Gasteiger partial charge is 0.325 e. The van der Waals surface area contributed by atoms with Gasteiger partial charge in [-0.2, -0.15) is 0 Å². The first kappa shape index (κ1) is 20.5. The summed E-state index contributed by atoms with van der Waals surface area (Å²) in [4.78, 5) is 22.4. The van der Waals surface area contributed by atoms with E-state index in [1.165, 1.54) is 42.1 Å². The number of non-ortho nitro benzene ring substituents is 1. The molecular weight excluding hydrogens is 397 g/mol. The highest BCUT2D eigenvalue weighted by atomic mass is 32.2. The summed E-state index contributed by atoms with van der Waals surface area (Å²) in [6.07, 6.45) is 0. The first-order valence-electron chi connectivity index (χ1n) is 8.73. The van der Waals surface area contributed by atoms with Crippen LogP contribution in [0.3, 0.4) is 0 Å². The molecule has 1 amide bonds. The molecular formula is C19H18FN5O3S. The summed E-state index contributed by atoms with van der Waals surface area (Å²) in [5, 5.41) is 22.1. The molecule has 0 bridgehead atoms. The minimum Gasteiger partial charge on any atom is -0.325 e. The molecule has 0 aliphatic carbocycles. The number of hydrogen-bond donors (Lipinski definition) is 1. The van der Waals surface area contributed by atoms with Crippen LogP contribution in [0.2, 0.25) is 0 Å². The highest BCUT2D eigenvalue weighted by Gasteiger charge is 2.20. The van der Waals surface area contributed by atoms with Crippen LogP contribution < -0.4 is 5.32 Å². The summed E-state index contributed by atoms with van der Waals surface area (Å²) in [7, 11) is 0. The molecule has 0 saturated heterocycles. The Labute approximate surface area is 170 Å². The Kier molecular flexibility index (Phi) is 6.23.